The van der Waals surface area contributed by atoms with Crippen LogP contribution >= 0.6 is 23.2 Å². The van der Waals surface area contributed by atoms with Crippen LogP contribution in [-0.4, -0.2) is 56.7 Å². The molecule has 5 nitrogen and oxygen atoms in total. The molecule has 1 aliphatic rings. The highest BCUT2D eigenvalue weighted by atomic mass is 35.5. The Bertz CT molecular complexity index is 479. The van der Waals surface area contributed by atoms with Crippen LogP contribution < -0.4 is 10.6 Å². The first-order chi connectivity index (χ1) is 10.1. The Labute approximate surface area is 134 Å². The fourth-order valence-electron chi connectivity index (χ4n) is 2.05. The van der Waals surface area contributed by atoms with Crippen molar-refractivity contribution in [2.75, 3.05) is 51.3 Å². The van der Waals surface area contributed by atoms with Gasteiger partial charge in [-0.25, -0.2) is 0 Å². The maximum atomic E-state index is 11.8. The van der Waals surface area contributed by atoms with Crippen LogP contribution in [0.5, 0.6) is 0 Å². The summed E-state index contributed by atoms with van der Waals surface area (Å²) in [6.45, 7) is 5.05. The second-order valence-corrected chi connectivity index (χ2v) is 5.63. The van der Waals surface area contributed by atoms with E-state index in [0.717, 1.165) is 32.8 Å². The van der Waals surface area contributed by atoms with E-state index in [1.54, 1.807) is 18.2 Å². The van der Waals surface area contributed by atoms with E-state index < -0.39 is 0 Å². The maximum Gasteiger partial charge on any atom is 0.239 e. The molecule has 0 atom stereocenters. The molecule has 1 fully saturated rings. The number of anilines is 1. The number of carbonyl (C=O) groups excluding carboxylic acids is 1. The summed E-state index contributed by atoms with van der Waals surface area (Å²) < 4.78 is 5.27. The summed E-state index contributed by atoms with van der Waals surface area (Å²) in [6, 6.07) is 5.12. The number of ether oxygens (including phenoxy) is 1. The van der Waals surface area contributed by atoms with Crippen molar-refractivity contribution in [2.45, 2.75) is 0 Å². The lowest BCUT2D eigenvalue weighted by Gasteiger charge is -2.26. The van der Waals surface area contributed by atoms with E-state index in [2.05, 4.69) is 15.5 Å². The lowest BCUT2D eigenvalue weighted by molar-refractivity contribution is -0.119. The van der Waals surface area contributed by atoms with Gasteiger partial charge in [0.2, 0.25) is 5.91 Å². The van der Waals surface area contributed by atoms with Crippen molar-refractivity contribution in [1.29, 1.82) is 0 Å². The molecule has 1 aliphatic heterocycles. The van der Waals surface area contributed by atoms with Crippen LogP contribution in [-0.2, 0) is 9.53 Å². The molecule has 1 amide bonds. The molecule has 7 heteroatoms. The Balaban J connectivity index is 1.65. The highest BCUT2D eigenvalue weighted by molar-refractivity contribution is 6.36. The summed E-state index contributed by atoms with van der Waals surface area (Å²) in [5, 5.41) is 6.94. The summed E-state index contributed by atoms with van der Waals surface area (Å²) in [7, 11) is 0. The maximum absolute atomic E-state index is 11.8. The van der Waals surface area contributed by atoms with Gasteiger partial charge in [-0.2, -0.15) is 0 Å². The van der Waals surface area contributed by atoms with Crippen molar-refractivity contribution in [3.8, 4) is 0 Å². The number of amides is 1. The molecule has 1 saturated heterocycles. The predicted molar refractivity (Wildman–Crippen MR) is 85.2 cm³/mol. The average molecular weight is 332 g/mol. The van der Waals surface area contributed by atoms with Gasteiger partial charge in [-0.3, -0.25) is 9.69 Å². The molecule has 0 aliphatic carbocycles. The second kappa shape index (κ2) is 8.44. The number of morpholine rings is 1. The minimum absolute atomic E-state index is 0.0609. The molecule has 0 saturated carbocycles. The summed E-state index contributed by atoms with van der Waals surface area (Å²) >= 11 is 11.8. The van der Waals surface area contributed by atoms with Gasteiger partial charge in [0.25, 0.3) is 0 Å². The first-order valence-corrected chi connectivity index (χ1v) is 7.66. The highest BCUT2D eigenvalue weighted by Crippen LogP contribution is 2.24. The first-order valence-electron chi connectivity index (χ1n) is 6.91. The highest BCUT2D eigenvalue weighted by Gasteiger charge is 2.10. The predicted octanol–water partition coefficient (Wildman–Crippen LogP) is 1.85. The lowest BCUT2D eigenvalue weighted by Crippen LogP contribution is -2.42. The molecular weight excluding hydrogens is 313 g/mol. The molecule has 0 aromatic heterocycles. The third kappa shape index (κ3) is 5.71. The van der Waals surface area contributed by atoms with Gasteiger partial charge in [-0.05, 0) is 18.2 Å². The minimum atomic E-state index is -0.0609. The summed E-state index contributed by atoms with van der Waals surface area (Å²) in [5.74, 6) is -0.0609. The molecule has 0 unspecified atom stereocenters. The third-order valence-corrected chi connectivity index (χ3v) is 3.77. The number of nitrogens with one attached hydrogen (secondary N) is 2. The average Bonchev–Trinajstić information content (AvgIpc) is 2.47. The molecule has 2 N–H and O–H groups in total. The third-order valence-electron chi connectivity index (χ3n) is 3.22. The SMILES string of the molecule is O=C(CNc1ccc(Cl)cc1Cl)NCCN1CCOCC1. The van der Waals surface area contributed by atoms with Crippen LogP contribution in [0.15, 0.2) is 18.2 Å². The Morgan fingerprint density at radius 1 is 1.29 bits per heavy atom. The van der Waals surface area contributed by atoms with Gasteiger partial charge in [0.05, 0.1) is 30.5 Å². The molecule has 1 aromatic carbocycles. The fourth-order valence-corrected chi connectivity index (χ4v) is 2.52. The van der Waals surface area contributed by atoms with Crippen LogP contribution in [0.4, 0.5) is 5.69 Å². The Hall–Kier alpha value is -1.01. The smallest absolute Gasteiger partial charge is 0.239 e. The van der Waals surface area contributed by atoms with Crippen molar-refractivity contribution < 1.29 is 9.53 Å². The molecule has 0 radical (unpaired) electrons. The standard InChI is InChI=1S/C14H19Cl2N3O2/c15-11-1-2-13(12(16)9-11)18-10-14(20)17-3-4-19-5-7-21-8-6-19/h1-2,9,18H,3-8,10H2,(H,17,20). The first kappa shape index (κ1) is 16.4. The van der Waals surface area contributed by atoms with Crippen LogP contribution in [0.2, 0.25) is 10.0 Å². The molecule has 21 heavy (non-hydrogen) atoms. The van der Waals surface area contributed by atoms with E-state index in [4.69, 9.17) is 27.9 Å². The molecule has 1 aromatic rings. The molecule has 0 spiro atoms. The van der Waals surface area contributed by atoms with Gasteiger partial charge in [0, 0.05) is 31.2 Å². The number of nitrogens with zero attached hydrogens (tertiary/aromatic N) is 1. The van der Waals surface area contributed by atoms with E-state index in [0.29, 0.717) is 22.3 Å². The van der Waals surface area contributed by atoms with Crippen molar-refractivity contribution in [3.05, 3.63) is 28.2 Å². The van der Waals surface area contributed by atoms with Crippen LogP contribution in [0.25, 0.3) is 0 Å². The summed E-state index contributed by atoms with van der Waals surface area (Å²) in [5.41, 5.74) is 0.699. The Morgan fingerprint density at radius 2 is 2.05 bits per heavy atom. The molecule has 0 bridgehead atoms. The number of hydrogen-bond acceptors (Lipinski definition) is 4. The zero-order valence-corrected chi connectivity index (χ0v) is 13.2. The number of hydrogen-bond donors (Lipinski definition) is 2. The molecule has 1 heterocycles. The fraction of sp³-hybridized carbons (Fsp3) is 0.500. The zero-order chi connectivity index (χ0) is 15.1. The Morgan fingerprint density at radius 3 is 2.76 bits per heavy atom. The molecule has 2 rings (SSSR count). The monoisotopic (exact) mass is 331 g/mol. The number of halogens is 2. The zero-order valence-electron chi connectivity index (χ0n) is 11.7. The summed E-state index contributed by atoms with van der Waals surface area (Å²) in [6.07, 6.45) is 0. The number of carbonyl (C=O) groups is 1. The van der Waals surface area contributed by atoms with Gasteiger partial charge < -0.3 is 15.4 Å². The normalized spacial score (nSPS) is 15.7. The second-order valence-electron chi connectivity index (χ2n) is 4.78. The van der Waals surface area contributed by atoms with E-state index in [1.165, 1.54) is 0 Å². The van der Waals surface area contributed by atoms with Gasteiger partial charge in [-0.1, -0.05) is 23.2 Å². The topological polar surface area (TPSA) is 53.6 Å². The minimum Gasteiger partial charge on any atom is -0.379 e. The van der Waals surface area contributed by atoms with Crippen molar-refractivity contribution in [3.63, 3.8) is 0 Å². The number of rotatable bonds is 6. The lowest BCUT2D eigenvalue weighted by atomic mass is 10.3. The number of benzene rings is 1. The van der Waals surface area contributed by atoms with Crippen LogP contribution in [0.3, 0.4) is 0 Å². The van der Waals surface area contributed by atoms with E-state index in [1.807, 2.05) is 0 Å². The van der Waals surface area contributed by atoms with E-state index in [9.17, 15) is 4.79 Å². The van der Waals surface area contributed by atoms with Crippen molar-refractivity contribution >= 4 is 34.8 Å². The molecule has 116 valence electrons. The van der Waals surface area contributed by atoms with Gasteiger partial charge in [0.15, 0.2) is 0 Å². The van der Waals surface area contributed by atoms with E-state index >= 15 is 0 Å². The van der Waals surface area contributed by atoms with Crippen LogP contribution in [0.1, 0.15) is 0 Å². The van der Waals surface area contributed by atoms with Gasteiger partial charge >= 0.3 is 0 Å². The van der Waals surface area contributed by atoms with Gasteiger partial charge in [0.1, 0.15) is 0 Å². The van der Waals surface area contributed by atoms with Crippen molar-refractivity contribution in [2.24, 2.45) is 0 Å². The van der Waals surface area contributed by atoms with E-state index in [-0.39, 0.29) is 12.5 Å². The molecular formula is C14H19Cl2N3O2. The quantitative estimate of drug-likeness (QED) is 0.835. The van der Waals surface area contributed by atoms with Crippen LogP contribution in [0, 0.1) is 0 Å². The Kier molecular flexibility index (Phi) is 6.57. The largest absolute Gasteiger partial charge is 0.379 e. The summed E-state index contributed by atoms with van der Waals surface area (Å²) in [4.78, 5) is 14.0. The van der Waals surface area contributed by atoms with Gasteiger partial charge in [-0.15, -0.1) is 0 Å². The van der Waals surface area contributed by atoms with Crippen molar-refractivity contribution in [1.82, 2.24) is 10.2 Å².